The Morgan fingerprint density at radius 3 is 0.845 bits per heavy atom. The highest BCUT2D eigenvalue weighted by Gasteiger charge is 2.56. The van der Waals surface area contributed by atoms with E-state index in [1.165, 1.54) is 0 Å². The molecule has 0 saturated heterocycles. The van der Waals surface area contributed by atoms with Gasteiger partial charge < -0.3 is 4.65 Å². The van der Waals surface area contributed by atoms with Crippen molar-refractivity contribution in [2.24, 2.45) is 0 Å². The third-order valence-electron chi connectivity index (χ3n) is 13.0. The predicted octanol–water partition coefficient (Wildman–Crippen LogP) is 11.6. The summed E-state index contributed by atoms with van der Waals surface area (Å²) >= 11 is 0. The van der Waals surface area contributed by atoms with E-state index in [4.69, 9.17) is 4.65 Å². The molecule has 0 atom stereocenters. The minimum atomic E-state index is -6.00. The van der Waals surface area contributed by atoms with Gasteiger partial charge in [-0.1, -0.05) is 35.7 Å². The molecule has 0 aromatic heterocycles. The van der Waals surface area contributed by atoms with E-state index in [9.17, 15) is 39.5 Å². The minimum absolute atomic E-state index is 0.161. The Labute approximate surface area is 326 Å². The van der Waals surface area contributed by atoms with E-state index >= 15 is 26.3 Å². The lowest BCUT2D eigenvalue weighted by Crippen LogP contribution is -2.75. The van der Waals surface area contributed by atoms with Crippen LogP contribution in [0.1, 0.15) is 109 Å². The molecule has 0 unspecified atom stereocenters. The van der Waals surface area contributed by atoms with Gasteiger partial charge in [0.1, 0.15) is 34.9 Å². The molecule has 0 heterocycles. The molecule has 0 aliphatic heterocycles. The maximum absolute atomic E-state index is 15.9. The van der Waals surface area contributed by atoms with E-state index in [2.05, 4.69) is 0 Å². The van der Waals surface area contributed by atoms with E-state index in [1.807, 2.05) is 0 Å². The first kappa shape index (κ1) is 44.6. The zero-order valence-electron chi connectivity index (χ0n) is 31.3. The molecule has 3 fully saturated rings. The molecule has 0 amide bonds. The van der Waals surface area contributed by atoms with Crippen LogP contribution in [0.2, 0.25) is 0 Å². The molecule has 3 aromatic rings. The third kappa shape index (κ3) is 7.44. The summed E-state index contributed by atoms with van der Waals surface area (Å²) in [7, 11) is -1.91. The van der Waals surface area contributed by atoms with Gasteiger partial charge in [0.05, 0.1) is 23.1 Å². The zero-order valence-corrected chi connectivity index (χ0v) is 32.2. The lowest BCUT2D eigenvalue weighted by atomic mass is 9.27. The molecule has 6 rings (SSSR count). The van der Waals surface area contributed by atoms with Gasteiger partial charge >= 0.3 is 0 Å². The predicted molar refractivity (Wildman–Crippen MR) is 191 cm³/mol. The molecule has 1 nitrogen and oxygen atoms in total. The van der Waals surface area contributed by atoms with Crippen molar-refractivity contribution in [1.29, 1.82) is 0 Å². The normalized spacial score (nSPS) is 18.1. The van der Waals surface area contributed by atoms with Crippen LogP contribution in [-0.4, -0.2) is 36.1 Å². The van der Waals surface area contributed by atoms with Gasteiger partial charge in [-0.2, -0.15) is 0 Å². The Morgan fingerprint density at radius 2 is 0.586 bits per heavy atom. The lowest BCUT2D eigenvalue weighted by Gasteiger charge is -2.49. The molecule has 0 spiro atoms. The van der Waals surface area contributed by atoms with Gasteiger partial charge in [0.25, 0.3) is 0 Å². The van der Waals surface area contributed by atoms with Crippen LogP contribution >= 0.6 is 7.26 Å². The number of benzene rings is 3. The molecule has 0 bridgehead atoms. The van der Waals surface area contributed by atoms with Crippen LogP contribution in [0.4, 0.5) is 65.9 Å². The molecule has 3 saturated carbocycles. The second-order valence-corrected chi connectivity index (χ2v) is 20.5. The Kier molecular flexibility index (Phi) is 13.8. The molecule has 18 heteroatoms. The summed E-state index contributed by atoms with van der Waals surface area (Å²) < 4.78 is 234. The molecule has 3 aromatic carbocycles. The summed E-state index contributed by atoms with van der Waals surface area (Å²) in [5.41, 5.74) is -6.99. The molecule has 320 valence electrons. The maximum atomic E-state index is 15.9. The van der Waals surface area contributed by atoms with Gasteiger partial charge in [-0.25, -0.2) is 65.9 Å². The first-order valence-corrected chi connectivity index (χ1v) is 21.9. The van der Waals surface area contributed by atoms with Gasteiger partial charge in [0.2, 0.25) is 6.35 Å². The fraction of sp³-hybridized carbons (Fsp3) is 0.550. The maximum Gasteiger partial charge on any atom is 0.216 e. The first-order chi connectivity index (χ1) is 27.5. The van der Waals surface area contributed by atoms with Crippen molar-refractivity contribution in [2.75, 3.05) is 12.8 Å². The number of hydrogen-bond acceptors (Lipinski definition) is 1. The van der Waals surface area contributed by atoms with Crippen molar-refractivity contribution >= 4 is 30.0 Å². The third-order valence-corrected chi connectivity index (χ3v) is 19.7. The van der Waals surface area contributed by atoms with Crippen LogP contribution in [0.3, 0.4) is 0 Å². The highest BCUT2D eigenvalue weighted by atomic mass is 31.2. The fourth-order valence-corrected chi connectivity index (χ4v) is 18.1. The second kappa shape index (κ2) is 18.0. The molecule has 3 aliphatic carbocycles. The van der Waals surface area contributed by atoms with Crippen LogP contribution in [0.25, 0.3) is 0 Å². The van der Waals surface area contributed by atoms with Gasteiger partial charge in [-0.05, 0) is 89.9 Å². The van der Waals surface area contributed by atoms with Gasteiger partial charge in [-0.3, -0.25) is 0 Å². The monoisotopic (exact) mass is 864 g/mol. The van der Waals surface area contributed by atoms with Gasteiger partial charge in [-0.15, -0.1) is 0 Å². The van der Waals surface area contributed by atoms with Crippen molar-refractivity contribution in [1.82, 2.24) is 0 Å². The summed E-state index contributed by atoms with van der Waals surface area (Å²) in [6, 6.07) is 0. The average Bonchev–Trinajstić information content (AvgIpc) is 3.24. The smallest absolute Gasteiger partial charge is 0.216 e. The van der Waals surface area contributed by atoms with E-state index in [0.717, 1.165) is 96.3 Å². The van der Waals surface area contributed by atoms with Crippen LogP contribution in [0.5, 0.6) is 0 Å². The van der Waals surface area contributed by atoms with Crippen molar-refractivity contribution < 1.29 is 70.5 Å². The number of rotatable bonds is 12. The van der Waals surface area contributed by atoms with E-state index in [1.54, 1.807) is 0 Å². The van der Waals surface area contributed by atoms with E-state index in [-0.39, 0.29) is 12.8 Å². The molecule has 58 heavy (non-hydrogen) atoms. The van der Waals surface area contributed by atoms with E-state index < -0.39 is 124 Å². The van der Waals surface area contributed by atoms with Gasteiger partial charge in [0.15, 0.2) is 52.4 Å². The summed E-state index contributed by atoms with van der Waals surface area (Å²) in [6.07, 6.45) is 9.66. The summed E-state index contributed by atoms with van der Waals surface area (Å²) in [6.45, 7) is -1.20. The van der Waals surface area contributed by atoms with E-state index in [0.29, 0.717) is 23.1 Å². The largest absolute Gasteiger partial charge is 0.579 e. The molecular weight excluding hydrogens is 823 g/mol. The van der Waals surface area contributed by atoms with Crippen molar-refractivity contribution in [3.05, 3.63) is 87.3 Å². The van der Waals surface area contributed by atoms with Crippen molar-refractivity contribution in [2.45, 2.75) is 126 Å². The Balaban J connectivity index is 1.54. The Morgan fingerprint density at radius 1 is 0.345 bits per heavy atom. The number of halogens is 15. The Bertz CT molecular complexity index is 1710. The Hall–Kier alpha value is -2.94. The van der Waals surface area contributed by atoms with Crippen LogP contribution in [-0.2, 0) is 4.65 Å². The second-order valence-electron chi connectivity index (χ2n) is 15.9. The topological polar surface area (TPSA) is 9.23 Å². The first-order valence-electron chi connectivity index (χ1n) is 19.8. The SMILES string of the molecule is Fc1c(F)c(F)c([B-](OCCCC[P+](C2CCCCC2)(C2CCCCC2)C2CCCCC2)(c2c(F)c(F)c(F)c(F)c2F)c2c(F)c(F)c(F)c(F)c2F)c(F)c1F. The van der Waals surface area contributed by atoms with Crippen LogP contribution in [0.15, 0.2) is 0 Å². The molecular formula is C40H41BF15OP. The highest BCUT2D eigenvalue weighted by Crippen LogP contribution is 2.77. The fourth-order valence-electron chi connectivity index (χ4n) is 10.5. The minimum Gasteiger partial charge on any atom is -0.579 e. The highest BCUT2D eigenvalue weighted by molar-refractivity contribution is 7.77. The van der Waals surface area contributed by atoms with Crippen molar-refractivity contribution in [3.8, 4) is 0 Å². The summed E-state index contributed by atoms with van der Waals surface area (Å²) in [4.78, 5) is 0. The van der Waals surface area contributed by atoms with Gasteiger partial charge in [0, 0.05) is 13.9 Å². The zero-order chi connectivity index (χ0) is 42.3. The van der Waals surface area contributed by atoms with Crippen LogP contribution < -0.4 is 16.4 Å². The molecule has 3 aliphatic rings. The summed E-state index contributed by atoms with van der Waals surface area (Å²) in [5, 5.41) is 0. The van der Waals surface area contributed by atoms with Crippen LogP contribution in [0, 0.1) is 87.3 Å². The van der Waals surface area contributed by atoms with Crippen molar-refractivity contribution in [3.63, 3.8) is 0 Å². The lowest BCUT2D eigenvalue weighted by molar-refractivity contribution is 0.303. The number of hydrogen-bond donors (Lipinski definition) is 0. The average molecular weight is 865 g/mol. The molecule has 0 radical (unpaired) electrons. The molecule has 0 N–H and O–H groups in total. The standard InChI is InChI=1S/C40H41BF15OP/c42-26-23(27(43)33(49)38(54)32(26)48)41(24-28(44)34(50)39(55)35(51)29(24)45,25-30(46)36(52)40(56)37(53)31(25)47)57-18-10-11-19-58(20-12-4-1-5-13-20,21-14-6-2-7-15-21)22-16-8-3-9-17-22/h20-22H,1-19H2. The quantitative estimate of drug-likeness (QED) is 0.0440. The summed E-state index contributed by atoms with van der Waals surface area (Å²) in [5.74, 6) is -45.4. The number of unbranched alkanes of at least 4 members (excludes halogenated alkanes) is 1.